The van der Waals surface area contributed by atoms with Gasteiger partial charge in [0, 0.05) is 30.2 Å². The summed E-state index contributed by atoms with van der Waals surface area (Å²) in [4.78, 5) is 15.2. The summed E-state index contributed by atoms with van der Waals surface area (Å²) in [6, 6.07) is 4.71. The van der Waals surface area contributed by atoms with Crippen LogP contribution in [0.2, 0.25) is 5.02 Å². The fraction of sp³-hybridized carbons (Fsp3) is 0.720. The summed E-state index contributed by atoms with van der Waals surface area (Å²) in [7, 11) is -7.25. The van der Waals surface area contributed by atoms with Crippen molar-refractivity contribution >= 4 is 37.7 Å². The largest absolute Gasteiger partial charge is 0.441 e. The summed E-state index contributed by atoms with van der Waals surface area (Å²) in [6.45, 7) is 2.66. The third-order valence-corrected chi connectivity index (χ3v) is 12.9. The number of amides is 1. The van der Waals surface area contributed by atoms with Crippen molar-refractivity contribution in [2.24, 2.45) is 5.92 Å². The molecule has 10 nitrogen and oxygen atoms in total. The van der Waals surface area contributed by atoms with Crippen LogP contribution in [-0.2, 0) is 29.5 Å². The molecule has 5 aliphatic rings. The summed E-state index contributed by atoms with van der Waals surface area (Å²) in [5, 5.41) is 0.453. The van der Waals surface area contributed by atoms with Gasteiger partial charge in [0.15, 0.2) is 0 Å². The van der Waals surface area contributed by atoms with Crippen molar-refractivity contribution in [2.45, 2.75) is 80.1 Å². The molecule has 2 saturated carbocycles. The van der Waals surface area contributed by atoms with Crippen LogP contribution in [0.5, 0.6) is 0 Å². The van der Waals surface area contributed by atoms with Gasteiger partial charge >= 0.3 is 6.09 Å². The van der Waals surface area contributed by atoms with E-state index in [1.165, 1.54) is 12.1 Å². The minimum Gasteiger partial charge on any atom is -0.441 e. The number of rotatable bonds is 7. The van der Waals surface area contributed by atoms with Crippen LogP contribution in [0.4, 0.5) is 4.79 Å². The Morgan fingerprint density at radius 2 is 1.63 bits per heavy atom. The molecule has 0 radical (unpaired) electrons. The smallest absolute Gasteiger partial charge is 0.410 e. The highest BCUT2D eigenvalue weighted by Gasteiger charge is 2.62. The van der Waals surface area contributed by atoms with Gasteiger partial charge in [0.25, 0.3) is 0 Å². The number of benzene rings is 1. The zero-order chi connectivity index (χ0) is 26.9. The van der Waals surface area contributed by atoms with Gasteiger partial charge in [-0.2, -0.15) is 8.61 Å². The van der Waals surface area contributed by atoms with E-state index in [4.69, 9.17) is 21.1 Å². The SMILES string of the molecule is CCS(=O)(=O)N1C2CCC1CN(C(=O)OC1([C@H]3COC[C@@H](C4CC4)N3S(=O)(=O)c3ccc(Cl)cc3)CC1)C2. The summed E-state index contributed by atoms with van der Waals surface area (Å²) >= 11 is 6.02. The van der Waals surface area contributed by atoms with E-state index < -0.39 is 37.8 Å². The van der Waals surface area contributed by atoms with E-state index in [2.05, 4.69) is 0 Å². The molecule has 0 aromatic heterocycles. The number of ether oxygens (including phenoxy) is 2. The number of carbonyl (C=O) groups is 1. The van der Waals surface area contributed by atoms with Gasteiger partial charge in [0.05, 0.1) is 35.9 Å². The van der Waals surface area contributed by atoms with E-state index in [0.29, 0.717) is 37.3 Å². The molecule has 13 heteroatoms. The number of nitrogens with zero attached hydrogens (tertiary/aromatic N) is 3. The van der Waals surface area contributed by atoms with Crippen molar-refractivity contribution in [1.29, 1.82) is 0 Å². The number of halogens is 1. The normalized spacial score (nSPS) is 31.8. The first-order valence-electron chi connectivity index (χ1n) is 13.4. The van der Waals surface area contributed by atoms with Crippen LogP contribution in [0.3, 0.4) is 0 Å². The molecule has 3 aliphatic heterocycles. The van der Waals surface area contributed by atoms with Crippen molar-refractivity contribution in [3.8, 4) is 0 Å². The molecule has 2 unspecified atom stereocenters. The number of carbonyl (C=O) groups excluding carboxylic acids is 1. The predicted octanol–water partition coefficient (Wildman–Crippen LogP) is 2.68. The molecule has 0 spiro atoms. The molecule has 3 heterocycles. The maximum Gasteiger partial charge on any atom is 0.410 e. The van der Waals surface area contributed by atoms with Crippen LogP contribution in [0.1, 0.15) is 45.4 Å². The van der Waals surface area contributed by atoms with Gasteiger partial charge in [-0.3, -0.25) is 0 Å². The van der Waals surface area contributed by atoms with E-state index in [1.807, 2.05) is 0 Å². The van der Waals surface area contributed by atoms with Crippen LogP contribution >= 0.6 is 11.6 Å². The Morgan fingerprint density at radius 1 is 1.00 bits per heavy atom. The van der Waals surface area contributed by atoms with Crippen LogP contribution in [0, 0.1) is 5.92 Å². The Morgan fingerprint density at radius 3 is 2.18 bits per heavy atom. The minimum atomic E-state index is -3.90. The van der Waals surface area contributed by atoms with E-state index in [1.54, 1.807) is 32.6 Å². The lowest BCUT2D eigenvalue weighted by molar-refractivity contribution is -0.0770. The van der Waals surface area contributed by atoms with Gasteiger partial charge in [0.2, 0.25) is 20.0 Å². The third kappa shape index (κ3) is 4.64. The summed E-state index contributed by atoms with van der Waals surface area (Å²) < 4.78 is 68.4. The third-order valence-electron chi connectivity index (χ3n) is 8.75. The van der Waals surface area contributed by atoms with Crippen LogP contribution in [-0.4, -0.2) is 98.3 Å². The maximum atomic E-state index is 14.0. The Bertz CT molecular complexity index is 1280. The quantitative estimate of drug-likeness (QED) is 0.482. The highest BCUT2D eigenvalue weighted by Crippen LogP contribution is 2.50. The second kappa shape index (κ2) is 9.59. The second-order valence-corrected chi connectivity index (χ2v) is 15.6. The fourth-order valence-electron chi connectivity index (χ4n) is 6.44. The molecule has 210 valence electrons. The Labute approximate surface area is 229 Å². The van der Waals surface area contributed by atoms with E-state index in [9.17, 15) is 21.6 Å². The van der Waals surface area contributed by atoms with E-state index in [0.717, 1.165) is 12.8 Å². The molecular weight excluding hydrogens is 554 g/mol. The van der Waals surface area contributed by atoms with Crippen molar-refractivity contribution in [3.05, 3.63) is 29.3 Å². The van der Waals surface area contributed by atoms with Crippen molar-refractivity contribution in [2.75, 3.05) is 32.1 Å². The van der Waals surface area contributed by atoms with Crippen LogP contribution in [0.25, 0.3) is 0 Å². The molecular formula is C25H34ClN3O7S2. The lowest BCUT2D eigenvalue weighted by Gasteiger charge is -2.45. The number of likely N-dealkylation sites (tertiary alicyclic amines) is 1. The monoisotopic (exact) mass is 587 g/mol. The number of morpholine rings is 1. The highest BCUT2D eigenvalue weighted by atomic mass is 35.5. The number of hydrogen-bond acceptors (Lipinski definition) is 7. The molecule has 3 saturated heterocycles. The molecule has 38 heavy (non-hydrogen) atoms. The van der Waals surface area contributed by atoms with Gasteiger partial charge < -0.3 is 14.4 Å². The molecule has 4 atom stereocenters. The van der Waals surface area contributed by atoms with E-state index in [-0.39, 0.29) is 54.4 Å². The highest BCUT2D eigenvalue weighted by molar-refractivity contribution is 7.89. The first kappa shape index (κ1) is 26.8. The predicted molar refractivity (Wildman–Crippen MR) is 140 cm³/mol. The van der Waals surface area contributed by atoms with Crippen molar-refractivity contribution in [1.82, 2.24) is 13.5 Å². The number of fused-ring (bicyclic) bond motifs is 2. The Balaban J connectivity index is 1.24. The average molecular weight is 588 g/mol. The molecule has 2 bridgehead atoms. The van der Waals surface area contributed by atoms with Crippen LogP contribution in [0.15, 0.2) is 29.2 Å². The molecule has 5 fully saturated rings. The number of hydrogen-bond donors (Lipinski definition) is 0. The Hall–Kier alpha value is -1.44. The first-order valence-corrected chi connectivity index (χ1v) is 16.8. The maximum absolute atomic E-state index is 14.0. The standard InChI is InChI=1S/C25H34ClN3O7S2/c1-2-37(31,32)28-19-7-8-20(28)14-27(13-19)24(30)36-25(11-12-25)23-16-35-15-22(17-3-4-17)29(23)38(33,34)21-9-5-18(26)6-10-21/h5-6,9-10,17,19-20,22-23H,2-4,7-8,11-16H2,1H3/t19?,20?,22-,23+/m0/s1. The lowest BCUT2D eigenvalue weighted by atomic mass is 10.0. The van der Waals surface area contributed by atoms with Crippen molar-refractivity contribution < 1.29 is 31.1 Å². The molecule has 1 aromatic rings. The first-order chi connectivity index (χ1) is 18.1. The van der Waals surface area contributed by atoms with Gasteiger partial charge in [-0.15, -0.1) is 0 Å². The fourth-order valence-corrected chi connectivity index (χ4v) is 10.0. The average Bonchev–Trinajstić information content (AvgIpc) is 3.82. The lowest BCUT2D eigenvalue weighted by Crippen LogP contribution is -2.62. The van der Waals surface area contributed by atoms with E-state index >= 15 is 0 Å². The molecule has 0 N–H and O–H groups in total. The minimum absolute atomic E-state index is 0.0370. The Kier molecular flexibility index (Phi) is 6.75. The summed E-state index contributed by atoms with van der Waals surface area (Å²) in [5.41, 5.74) is -0.962. The number of piperazine rings is 1. The van der Waals surface area contributed by atoms with Gasteiger partial charge in [0.1, 0.15) is 5.60 Å². The number of sulfonamides is 2. The molecule has 1 aromatic carbocycles. The topological polar surface area (TPSA) is 114 Å². The molecule has 2 aliphatic carbocycles. The van der Waals surface area contributed by atoms with Gasteiger partial charge in [-0.25, -0.2) is 21.6 Å². The van der Waals surface area contributed by atoms with Gasteiger partial charge in [-0.05, 0) is 75.6 Å². The second-order valence-electron chi connectivity index (χ2n) is 11.2. The molecule has 6 rings (SSSR count). The van der Waals surface area contributed by atoms with Crippen molar-refractivity contribution in [3.63, 3.8) is 0 Å². The summed E-state index contributed by atoms with van der Waals surface area (Å²) in [6.07, 6.45) is 3.89. The zero-order valence-electron chi connectivity index (χ0n) is 21.4. The summed E-state index contributed by atoms with van der Waals surface area (Å²) in [5.74, 6) is 0.255. The van der Waals surface area contributed by atoms with Crippen LogP contribution < -0.4 is 0 Å². The van der Waals surface area contributed by atoms with Gasteiger partial charge in [-0.1, -0.05) is 11.6 Å². The molecule has 1 amide bonds. The zero-order valence-corrected chi connectivity index (χ0v) is 23.8.